The number of ether oxygens (including phenoxy) is 4. The summed E-state index contributed by atoms with van der Waals surface area (Å²) in [5.74, 6) is 2.58. The topological polar surface area (TPSA) is 118 Å². The number of hydrogen-bond acceptors (Lipinski definition) is 9. The van der Waals surface area contributed by atoms with Gasteiger partial charge >= 0.3 is 12.2 Å². The number of halogens is 1. The van der Waals surface area contributed by atoms with Gasteiger partial charge in [-0.25, -0.2) is 9.78 Å². The van der Waals surface area contributed by atoms with Gasteiger partial charge in [0.25, 0.3) is 0 Å². The molecule has 0 aromatic carbocycles. The minimum absolute atomic E-state index is 0.00699. The van der Waals surface area contributed by atoms with Crippen LogP contribution in [0.5, 0.6) is 0 Å². The highest BCUT2D eigenvalue weighted by Crippen LogP contribution is 2.37. The van der Waals surface area contributed by atoms with E-state index in [1.54, 1.807) is 6.21 Å². The average Bonchev–Trinajstić information content (AvgIpc) is 3.16. The number of carbonyl (C=O) groups is 1. The average molecular weight is 571 g/mol. The number of nitrogens with two attached hydrogens (primary N) is 1. The molecule has 4 atom stereocenters. The molecule has 3 heterocycles. The number of rotatable bonds is 16. The lowest BCUT2D eigenvalue weighted by atomic mass is 9.93. The third-order valence-corrected chi connectivity index (χ3v) is 7.64. The zero-order chi connectivity index (χ0) is 29.5. The Morgan fingerprint density at radius 3 is 2.51 bits per heavy atom. The maximum Gasteiger partial charge on any atom is 0.508 e. The lowest BCUT2D eigenvalue weighted by molar-refractivity contribution is -0.0846. The Bertz CT molecular complexity index is 1100. The van der Waals surface area contributed by atoms with E-state index in [4.69, 9.17) is 37.5 Å². The van der Waals surface area contributed by atoms with E-state index in [0.29, 0.717) is 37.1 Å². The molecule has 1 aromatic heterocycles. The van der Waals surface area contributed by atoms with Gasteiger partial charge in [-0.15, -0.1) is 6.42 Å². The molecule has 0 saturated carbocycles. The van der Waals surface area contributed by atoms with Gasteiger partial charge < -0.3 is 24.7 Å². The number of terminal acetylenes is 2. The first-order chi connectivity index (χ1) is 19.9. The van der Waals surface area contributed by atoms with Gasteiger partial charge in [0.1, 0.15) is 18.4 Å². The van der Waals surface area contributed by atoms with Crippen LogP contribution in [0.15, 0.2) is 4.99 Å². The highest BCUT2D eigenvalue weighted by molar-refractivity contribution is 5.73. The van der Waals surface area contributed by atoms with Crippen LogP contribution in [0.3, 0.4) is 0 Å². The van der Waals surface area contributed by atoms with Gasteiger partial charge in [0.15, 0.2) is 17.5 Å². The van der Waals surface area contributed by atoms with E-state index in [0.717, 1.165) is 19.3 Å². The molecule has 41 heavy (non-hydrogen) atoms. The maximum atomic E-state index is 13.6. The van der Waals surface area contributed by atoms with Crippen molar-refractivity contribution in [2.24, 2.45) is 10.9 Å². The van der Waals surface area contributed by atoms with Gasteiger partial charge in [-0.3, -0.25) is 4.99 Å². The van der Waals surface area contributed by atoms with Crippen LogP contribution >= 0.6 is 0 Å². The Balaban J connectivity index is 1.41. The molecule has 1 fully saturated rings. The SMILES string of the molecule is C#CO[C@H]1C[C@H](CC2C=Nc3c(N)nc(F)nc3CC2)O[C@]1(C#C)COC(=O)OCCCCCCCCCCCC. The largest absolute Gasteiger partial charge is 0.508 e. The van der Waals surface area contributed by atoms with Crippen LogP contribution in [0.4, 0.5) is 20.7 Å². The van der Waals surface area contributed by atoms with Crippen molar-refractivity contribution in [3.05, 3.63) is 11.8 Å². The van der Waals surface area contributed by atoms with Crippen LogP contribution in [-0.2, 0) is 25.4 Å². The van der Waals surface area contributed by atoms with Crippen LogP contribution in [0.1, 0.15) is 96.1 Å². The molecule has 10 heteroatoms. The van der Waals surface area contributed by atoms with E-state index in [1.807, 2.05) is 0 Å². The Labute approximate surface area is 243 Å². The van der Waals surface area contributed by atoms with Crippen molar-refractivity contribution in [2.45, 2.75) is 115 Å². The smallest absolute Gasteiger partial charge is 0.439 e. The summed E-state index contributed by atoms with van der Waals surface area (Å²) in [6.07, 6.45) is 26.5. The Hall–Kier alpha value is -3.37. The second-order valence-corrected chi connectivity index (χ2v) is 10.8. The van der Waals surface area contributed by atoms with Crippen molar-refractivity contribution in [3.63, 3.8) is 0 Å². The molecule has 1 unspecified atom stereocenters. The van der Waals surface area contributed by atoms with Crippen molar-refractivity contribution >= 4 is 23.9 Å². The molecule has 1 aromatic rings. The van der Waals surface area contributed by atoms with Crippen LogP contribution in [0.2, 0.25) is 0 Å². The highest BCUT2D eigenvalue weighted by atomic mass is 19.1. The van der Waals surface area contributed by atoms with E-state index >= 15 is 0 Å². The first-order valence-corrected chi connectivity index (χ1v) is 14.8. The van der Waals surface area contributed by atoms with Gasteiger partial charge in [0.05, 0.1) is 18.4 Å². The Morgan fingerprint density at radius 1 is 1.12 bits per heavy atom. The fraction of sp³-hybridized carbons (Fsp3) is 0.677. The van der Waals surface area contributed by atoms with Crippen LogP contribution in [-0.4, -0.2) is 53.4 Å². The molecule has 1 saturated heterocycles. The molecule has 0 radical (unpaired) electrons. The lowest BCUT2D eigenvalue weighted by Crippen LogP contribution is -2.44. The minimum atomic E-state index is -1.35. The molecule has 0 aliphatic carbocycles. The van der Waals surface area contributed by atoms with E-state index in [9.17, 15) is 9.18 Å². The number of nitrogens with zero attached hydrogens (tertiary/aromatic N) is 3. The molecule has 2 aliphatic rings. The summed E-state index contributed by atoms with van der Waals surface area (Å²) in [7, 11) is 0. The fourth-order valence-electron chi connectivity index (χ4n) is 5.37. The Morgan fingerprint density at radius 2 is 1.83 bits per heavy atom. The Kier molecular flexibility index (Phi) is 13.2. The number of nitrogen functional groups attached to an aromatic ring is 1. The number of unbranched alkanes of at least 4 members (excludes halogenated alkanes) is 9. The molecule has 0 amide bonds. The quantitative estimate of drug-likeness (QED) is 0.110. The first kappa shape index (κ1) is 32.1. The lowest BCUT2D eigenvalue weighted by Gasteiger charge is -2.27. The molecule has 2 N–H and O–H groups in total. The number of fused-ring (bicyclic) bond motifs is 1. The molecule has 0 bridgehead atoms. The number of anilines is 1. The predicted octanol–water partition coefficient (Wildman–Crippen LogP) is 6.06. The van der Waals surface area contributed by atoms with E-state index in [2.05, 4.69) is 33.9 Å². The highest BCUT2D eigenvalue weighted by Gasteiger charge is 2.51. The van der Waals surface area contributed by atoms with E-state index in [-0.39, 0.29) is 31.1 Å². The first-order valence-electron chi connectivity index (χ1n) is 14.8. The van der Waals surface area contributed by atoms with Crippen molar-refractivity contribution in [3.8, 4) is 24.9 Å². The predicted molar refractivity (Wildman–Crippen MR) is 155 cm³/mol. The number of hydrogen-bond donors (Lipinski definition) is 1. The number of aromatic nitrogens is 2. The summed E-state index contributed by atoms with van der Waals surface area (Å²) in [4.78, 5) is 24.1. The molecular formula is C31H43FN4O5. The summed E-state index contributed by atoms with van der Waals surface area (Å²) in [6, 6.07) is 0. The number of aliphatic imine (C=N–C) groups is 1. The van der Waals surface area contributed by atoms with Gasteiger partial charge in [-0.1, -0.05) is 77.1 Å². The molecule has 224 valence electrons. The number of carbonyl (C=O) groups excluding carboxylic acids is 1. The van der Waals surface area contributed by atoms with E-state index < -0.39 is 23.9 Å². The summed E-state index contributed by atoms with van der Waals surface area (Å²) in [5, 5.41) is 0. The molecule has 0 spiro atoms. The third kappa shape index (κ3) is 9.89. The second kappa shape index (κ2) is 16.8. The summed E-state index contributed by atoms with van der Waals surface area (Å²) in [6.45, 7) is 2.26. The van der Waals surface area contributed by atoms with Gasteiger partial charge in [0, 0.05) is 12.6 Å². The summed E-state index contributed by atoms with van der Waals surface area (Å²) < 4.78 is 35.9. The standard InChI is InChI=1S/C31H43FN4O5/c1-4-7-8-9-10-11-12-13-14-15-18-39-30(37)40-22-31(5-2)26(38-6-3)20-24(41-31)19-23-16-17-25-27(34-21-23)28(33)36-29(32)35-25/h2-3,21,23-24,26H,4,7-20,22H2,1H3,(H2,33,35,36)/t23?,24-,26-,31+/m0/s1. The molecule has 9 nitrogen and oxygen atoms in total. The van der Waals surface area contributed by atoms with Crippen molar-refractivity contribution < 1.29 is 28.1 Å². The van der Waals surface area contributed by atoms with Crippen molar-refractivity contribution in [2.75, 3.05) is 18.9 Å². The van der Waals surface area contributed by atoms with Crippen LogP contribution in [0.25, 0.3) is 0 Å². The minimum Gasteiger partial charge on any atom is -0.439 e. The zero-order valence-corrected chi connectivity index (χ0v) is 24.1. The molecular weight excluding hydrogens is 527 g/mol. The van der Waals surface area contributed by atoms with Gasteiger partial charge in [0.2, 0.25) is 0 Å². The van der Waals surface area contributed by atoms with Gasteiger partial charge in [-0.05, 0) is 31.6 Å². The van der Waals surface area contributed by atoms with Crippen molar-refractivity contribution in [1.82, 2.24) is 9.97 Å². The van der Waals surface area contributed by atoms with Crippen LogP contribution < -0.4 is 5.73 Å². The molecule has 2 aliphatic heterocycles. The zero-order valence-electron chi connectivity index (χ0n) is 24.1. The normalized spacial score (nSPS) is 23.2. The molecule has 3 rings (SSSR count). The monoisotopic (exact) mass is 570 g/mol. The summed E-state index contributed by atoms with van der Waals surface area (Å²) in [5.41, 5.74) is 5.33. The maximum absolute atomic E-state index is 13.6. The van der Waals surface area contributed by atoms with E-state index in [1.165, 1.54) is 44.9 Å². The van der Waals surface area contributed by atoms with Gasteiger partial charge in [-0.2, -0.15) is 9.37 Å². The van der Waals surface area contributed by atoms with Crippen LogP contribution in [0, 0.1) is 36.9 Å². The van der Waals surface area contributed by atoms with Crippen molar-refractivity contribution in [1.29, 1.82) is 0 Å². The summed E-state index contributed by atoms with van der Waals surface area (Å²) >= 11 is 0. The fourth-order valence-corrected chi connectivity index (χ4v) is 5.37. The number of aryl methyl sites for hydroxylation is 1. The third-order valence-electron chi connectivity index (χ3n) is 7.64. The second-order valence-electron chi connectivity index (χ2n) is 10.8.